The molecule has 110 valence electrons. The minimum atomic E-state index is -3.65. The molecule has 0 fully saturated rings. The highest BCUT2D eigenvalue weighted by Crippen LogP contribution is 2.24. The predicted octanol–water partition coefficient (Wildman–Crippen LogP) is 3.76. The molecule has 6 heteroatoms. The van der Waals surface area contributed by atoms with Gasteiger partial charge in [-0.2, -0.15) is 0 Å². The summed E-state index contributed by atoms with van der Waals surface area (Å²) in [5.41, 5.74) is 1.01. The number of para-hydroxylation sites is 2. The molecular formula is C15H14ClNO3S. The van der Waals surface area contributed by atoms with Crippen molar-refractivity contribution in [2.75, 3.05) is 11.8 Å². The van der Waals surface area contributed by atoms with Crippen molar-refractivity contribution in [2.45, 2.75) is 0 Å². The van der Waals surface area contributed by atoms with E-state index in [1.54, 1.807) is 48.5 Å². The Balaban J connectivity index is 2.21. The molecule has 2 rings (SSSR count). The number of hydrogen-bond acceptors (Lipinski definition) is 3. The van der Waals surface area contributed by atoms with E-state index < -0.39 is 10.0 Å². The quantitative estimate of drug-likeness (QED) is 0.911. The predicted molar refractivity (Wildman–Crippen MR) is 86.0 cm³/mol. The Morgan fingerprint density at radius 2 is 1.76 bits per heavy atom. The molecular weight excluding hydrogens is 310 g/mol. The van der Waals surface area contributed by atoms with Gasteiger partial charge in [-0.15, -0.1) is 0 Å². The minimum Gasteiger partial charge on any atom is -0.495 e. The molecule has 0 spiro atoms. The Morgan fingerprint density at radius 3 is 2.48 bits per heavy atom. The summed E-state index contributed by atoms with van der Waals surface area (Å²) in [4.78, 5) is 0. The van der Waals surface area contributed by atoms with Crippen molar-refractivity contribution in [3.63, 3.8) is 0 Å². The number of methoxy groups -OCH3 is 1. The second-order valence-corrected chi connectivity index (χ2v) is 6.15. The lowest BCUT2D eigenvalue weighted by Crippen LogP contribution is -2.09. The van der Waals surface area contributed by atoms with Gasteiger partial charge >= 0.3 is 0 Å². The van der Waals surface area contributed by atoms with Gasteiger partial charge in [-0.3, -0.25) is 4.72 Å². The lowest BCUT2D eigenvalue weighted by molar-refractivity contribution is 0.417. The fourth-order valence-electron chi connectivity index (χ4n) is 1.69. The van der Waals surface area contributed by atoms with E-state index in [9.17, 15) is 8.42 Å². The largest absolute Gasteiger partial charge is 0.495 e. The summed E-state index contributed by atoms with van der Waals surface area (Å²) in [7, 11) is -2.17. The standard InChI is InChI=1S/C15H14ClNO3S/c1-20-15-9-5-4-8-14(15)17-21(18,19)11-10-12-6-2-3-7-13(12)16/h2-11,17H,1H3/b11-10+. The molecule has 0 aliphatic heterocycles. The lowest BCUT2D eigenvalue weighted by Gasteiger charge is -2.09. The van der Waals surface area contributed by atoms with Crippen molar-refractivity contribution >= 4 is 33.4 Å². The van der Waals surface area contributed by atoms with E-state index in [0.717, 1.165) is 5.41 Å². The normalized spacial score (nSPS) is 11.5. The highest BCUT2D eigenvalue weighted by Gasteiger charge is 2.09. The fourth-order valence-corrected chi connectivity index (χ4v) is 2.76. The summed E-state index contributed by atoms with van der Waals surface area (Å²) >= 11 is 5.97. The van der Waals surface area contributed by atoms with Crippen LogP contribution >= 0.6 is 11.6 Å². The monoisotopic (exact) mass is 323 g/mol. The van der Waals surface area contributed by atoms with Crippen molar-refractivity contribution < 1.29 is 13.2 Å². The van der Waals surface area contributed by atoms with Crippen molar-refractivity contribution in [3.05, 3.63) is 64.5 Å². The van der Waals surface area contributed by atoms with Crippen LogP contribution in [0.5, 0.6) is 5.75 Å². The molecule has 0 bridgehead atoms. The number of sulfonamides is 1. The molecule has 0 saturated carbocycles. The van der Waals surface area contributed by atoms with Gasteiger partial charge < -0.3 is 4.74 Å². The molecule has 0 heterocycles. The summed E-state index contributed by atoms with van der Waals surface area (Å²) in [5.74, 6) is 0.451. The maximum atomic E-state index is 12.1. The third-order valence-electron chi connectivity index (χ3n) is 2.69. The molecule has 21 heavy (non-hydrogen) atoms. The van der Waals surface area contributed by atoms with Crippen LogP contribution in [-0.2, 0) is 10.0 Å². The topological polar surface area (TPSA) is 55.4 Å². The highest BCUT2D eigenvalue weighted by molar-refractivity contribution is 7.95. The molecule has 0 atom stereocenters. The van der Waals surface area contributed by atoms with Crippen LogP contribution in [0.25, 0.3) is 6.08 Å². The summed E-state index contributed by atoms with van der Waals surface area (Å²) in [6.45, 7) is 0. The summed E-state index contributed by atoms with van der Waals surface area (Å²) in [6.07, 6.45) is 1.44. The first kappa shape index (κ1) is 15.4. The lowest BCUT2D eigenvalue weighted by atomic mass is 10.2. The maximum Gasteiger partial charge on any atom is 0.255 e. The van der Waals surface area contributed by atoms with Gasteiger partial charge in [-0.25, -0.2) is 8.42 Å². The number of anilines is 1. The van der Waals surface area contributed by atoms with E-state index in [0.29, 0.717) is 22.0 Å². The zero-order valence-electron chi connectivity index (χ0n) is 11.3. The van der Waals surface area contributed by atoms with Gasteiger partial charge in [-0.05, 0) is 29.8 Å². The second kappa shape index (κ2) is 6.65. The van der Waals surface area contributed by atoms with Crippen LogP contribution in [0.1, 0.15) is 5.56 Å². The molecule has 2 aromatic carbocycles. The van der Waals surface area contributed by atoms with Crippen molar-refractivity contribution in [3.8, 4) is 5.75 Å². The number of halogens is 1. The molecule has 0 aromatic heterocycles. The number of nitrogens with one attached hydrogen (secondary N) is 1. The third-order valence-corrected chi connectivity index (χ3v) is 4.03. The molecule has 0 unspecified atom stereocenters. The average molecular weight is 324 g/mol. The smallest absolute Gasteiger partial charge is 0.255 e. The van der Waals surface area contributed by atoms with Crippen LogP contribution < -0.4 is 9.46 Å². The summed E-state index contributed by atoms with van der Waals surface area (Å²) in [6, 6.07) is 13.8. The molecule has 0 radical (unpaired) electrons. The van der Waals surface area contributed by atoms with Crippen LogP contribution in [0, 0.1) is 0 Å². The second-order valence-electron chi connectivity index (χ2n) is 4.17. The molecule has 0 saturated heterocycles. The van der Waals surface area contributed by atoms with Crippen LogP contribution in [0.4, 0.5) is 5.69 Å². The Hall–Kier alpha value is -1.98. The molecule has 0 aliphatic rings. The zero-order valence-corrected chi connectivity index (χ0v) is 12.9. The van der Waals surface area contributed by atoms with Crippen molar-refractivity contribution in [2.24, 2.45) is 0 Å². The maximum absolute atomic E-state index is 12.1. The first-order valence-corrected chi connectivity index (χ1v) is 8.03. The molecule has 4 nitrogen and oxygen atoms in total. The SMILES string of the molecule is COc1ccccc1NS(=O)(=O)/C=C/c1ccccc1Cl. The number of rotatable bonds is 5. The molecule has 2 aromatic rings. The Kier molecular flexibility index (Phi) is 4.88. The van der Waals surface area contributed by atoms with Gasteiger partial charge in [0.25, 0.3) is 10.0 Å². The Bertz CT molecular complexity index is 757. The number of benzene rings is 2. The zero-order chi connectivity index (χ0) is 15.3. The van der Waals surface area contributed by atoms with Gasteiger partial charge in [0.05, 0.1) is 18.2 Å². The van der Waals surface area contributed by atoms with E-state index in [-0.39, 0.29) is 0 Å². The fraction of sp³-hybridized carbons (Fsp3) is 0.0667. The molecule has 0 aliphatic carbocycles. The van der Waals surface area contributed by atoms with E-state index in [4.69, 9.17) is 16.3 Å². The van der Waals surface area contributed by atoms with Gasteiger partial charge in [-0.1, -0.05) is 41.9 Å². The minimum absolute atomic E-state index is 0.379. The Morgan fingerprint density at radius 1 is 1.10 bits per heavy atom. The summed E-state index contributed by atoms with van der Waals surface area (Å²) < 4.78 is 31.7. The van der Waals surface area contributed by atoms with Gasteiger partial charge in [0, 0.05) is 5.02 Å². The van der Waals surface area contributed by atoms with E-state index in [1.165, 1.54) is 13.2 Å². The van der Waals surface area contributed by atoms with Gasteiger partial charge in [0.2, 0.25) is 0 Å². The number of hydrogen-bond donors (Lipinski definition) is 1. The third kappa shape index (κ3) is 4.24. The van der Waals surface area contributed by atoms with Crippen LogP contribution in [0.15, 0.2) is 53.9 Å². The Labute approximate surface area is 129 Å². The highest BCUT2D eigenvalue weighted by atomic mass is 35.5. The first-order valence-electron chi connectivity index (χ1n) is 6.10. The van der Waals surface area contributed by atoms with Crippen molar-refractivity contribution in [1.29, 1.82) is 0 Å². The van der Waals surface area contributed by atoms with E-state index in [2.05, 4.69) is 4.72 Å². The molecule has 1 N–H and O–H groups in total. The number of ether oxygens (including phenoxy) is 1. The van der Waals surface area contributed by atoms with E-state index in [1.807, 2.05) is 0 Å². The molecule has 0 amide bonds. The van der Waals surface area contributed by atoms with Gasteiger partial charge in [0.1, 0.15) is 5.75 Å². The van der Waals surface area contributed by atoms with Crippen LogP contribution in [0.2, 0.25) is 5.02 Å². The van der Waals surface area contributed by atoms with Gasteiger partial charge in [0.15, 0.2) is 0 Å². The van der Waals surface area contributed by atoms with Crippen molar-refractivity contribution in [1.82, 2.24) is 0 Å². The average Bonchev–Trinajstić information content (AvgIpc) is 2.47. The summed E-state index contributed by atoms with van der Waals surface area (Å²) in [5, 5.41) is 1.56. The first-order chi connectivity index (χ1) is 10.0. The van der Waals surface area contributed by atoms with Crippen LogP contribution in [-0.4, -0.2) is 15.5 Å². The van der Waals surface area contributed by atoms with E-state index >= 15 is 0 Å². The van der Waals surface area contributed by atoms with Crippen LogP contribution in [0.3, 0.4) is 0 Å².